The first kappa shape index (κ1) is 16.5. The molecule has 1 amide bonds. The van der Waals surface area contributed by atoms with Crippen LogP contribution in [0, 0.1) is 6.92 Å². The minimum absolute atomic E-state index is 0.0861. The highest BCUT2D eigenvalue weighted by Crippen LogP contribution is 2.29. The van der Waals surface area contributed by atoms with E-state index in [0.29, 0.717) is 24.0 Å². The van der Waals surface area contributed by atoms with Crippen molar-refractivity contribution in [2.45, 2.75) is 39.2 Å². The van der Waals surface area contributed by atoms with Crippen LogP contribution in [-0.2, 0) is 11.2 Å². The van der Waals surface area contributed by atoms with Gasteiger partial charge in [0.1, 0.15) is 17.8 Å². The highest BCUT2D eigenvalue weighted by molar-refractivity contribution is 5.97. The number of hydrogen-bond acceptors (Lipinski definition) is 5. The van der Waals surface area contributed by atoms with Crippen LogP contribution >= 0.6 is 0 Å². The molecule has 1 atom stereocenters. The van der Waals surface area contributed by atoms with E-state index >= 15 is 0 Å². The summed E-state index contributed by atoms with van der Waals surface area (Å²) in [6, 6.07) is 7.33. The van der Waals surface area contributed by atoms with Crippen molar-refractivity contribution in [1.29, 1.82) is 0 Å². The predicted octanol–water partition coefficient (Wildman–Crippen LogP) is 2.62. The molecule has 1 aliphatic rings. The molecule has 1 aliphatic heterocycles. The van der Waals surface area contributed by atoms with Crippen molar-refractivity contribution in [3.63, 3.8) is 0 Å². The summed E-state index contributed by atoms with van der Waals surface area (Å²) < 4.78 is 6.46. The van der Waals surface area contributed by atoms with Crippen molar-refractivity contribution < 1.29 is 9.32 Å². The number of rotatable bonds is 3. The van der Waals surface area contributed by atoms with Gasteiger partial charge in [-0.25, -0.2) is 4.98 Å². The number of aromatic nitrogens is 3. The van der Waals surface area contributed by atoms with Gasteiger partial charge in [-0.15, -0.1) is 0 Å². The lowest BCUT2D eigenvalue weighted by Gasteiger charge is -2.32. The minimum Gasteiger partial charge on any atom is -0.335 e. The Labute approximate surface area is 150 Å². The van der Waals surface area contributed by atoms with Gasteiger partial charge in [0, 0.05) is 12.2 Å². The van der Waals surface area contributed by atoms with Crippen LogP contribution in [0.25, 0.3) is 11.1 Å². The lowest BCUT2D eigenvalue weighted by molar-refractivity contribution is -0.122. The molecule has 7 heteroatoms. The fraction of sp³-hybridized carbons (Fsp3) is 0.368. The van der Waals surface area contributed by atoms with E-state index in [2.05, 4.69) is 16.2 Å². The van der Waals surface area contributed by atoms with Crippen molar-refractivity contribution in [2.24, 2.45) is 0 Å². The predicted molar refractivity (Wildman–Crippen MR) is 97.2 cm³/mol. The molecule has 3 heterocycles. The van der Waals surface area contributed by atoms with Gasteiger partial charge in [-0.05, 0) is 37.8 Å². The Hall–Kier alpha value is -2.96. The number of hydrogen-bond donors (Lipinski definition) is 0. The molecule has 3 aromatic rings. The Morgan fingerprint density at radius 2 is 2.15 bits per heavy atom. The standard InChI is InChI=1S/C19H20N4O3/c1-3-14(23-11-20-17-16(19(23)25)12(2)21-26-17)18(24)22-10-6-8-13-7-4-5-9-15(13)22/h4-5,7,9,11,14H,3,6,8,10H2,1-2H3/t14-/m0/s1. The Bertz CT molecular complexity index is 1040. The number of aryl methyl sites for hydroxylation is 2. The number of benzene rings is 1. The molecule has 0 radical (unpaired) electrons. The summed E-state index contributed by atoms with van der Waals surface area (Å²) in [7, 11) is 0. The lowest BCUT2D eigenvalue weighted by atomic mass is 10.0. The van der Waals surface area contributed by atoms with Crippen molar-refractivity contribution in [1.82, 2.24) is 14.7 Å². The molecule has 134 valence electrons. The van der Waals surface area contributed by atoms with Crippen molar-refractivity contribution >= 4 is 22.7 Å². The van der Waals surface area contributed by atoms with Crippen molar-refractivity contribution in [3.8, 4) is 0 Å². The van der Waals surface area contributed by atoms with Crippen LogP contribution in [0.3, 0.4) is 0 Å². The Morgan fingerprint density at radius 1 is 1.35 bits per heavy atom. The molecule has 7 nitrogen and oxygen atoms in total. The van der Waals surface area contributed by atoms with E-state index in [1.807, 2.05) is 25.1 Å². The van der Waals surface area contributed by atoms with Crippen LogP contribution in [0.2, 0.25) is 0 Å². The van der Waals surface area contributed by atoms with E-state index in [-0.39, 0.29) is 17.2 Å². The van der Waals surface area contributed by atoms with Gasteiger partial charge in [0.2, 0.25) is 5.91 Å². The van der Waals surface area contributed by atoms with Crippen molar-refractivity contribution in [3.05, 3.63) is 52.2 Å². The third-order valence-electron chi connectivity index (χ3n) is 4.98. The molecule has 2 aromatic heterocycles. The largest absolute Gasteiger partial charge is 0.335 e. The number of para-hydroxylation sites is 1. The van der Waals surface area contributed by atoms with E-state index < -0.39 is 6.04 Å². The van der Waals surface area contributed by atoms with E-state index in [9.17, 15) is 9.59 Å². The van der Waals surface area contributed by atoms with E-state index in [4.69, 9.17) is 4.52 Å². The zero-order valence-corrected chi connectivity index (χ0v) is 14.8. The monoisotopic (exact) mass is 352 g/mol. The molecule has 1 aromatic carbocycles. The Balaban J connectivity index is 1.77. The number of nitrogens with zero attached hydrogens (tertiary/aromatic N) is 4. The average molecular weight is 352 g/mol. The van der Waals surface area contributed by atoms with E-state index in [0.717, 1.165) is 24.1 Å². The summed E-state index contributed by atoms with van der Waals surface area (Å²) in [6.07, 6.45) is 3.76. The summed E-state index contributed by atoms with van der Waals surface area (Å²) >= 11 is 0. The van der Waals surface area contributed by atoms with Crippen LogP contribution in [0.1, 0.15) is 37.1 Å². The molecule has 26 heavy (non-hydrogen) atoms. The van der Waals surface area contributed by atoms with Crippen LogP contribution in [-0.4, -0.2) is 27.2 Å². The van der Waals surface area contributed by atoms with E-state index in [1.165, 1.54) is 10.9 Å². The quantitative estimate of drug-likeness (QED) is 0.724. The summed E-state index contributed by atoms with van der Waals surface area (Å²) in [4.78, 5) is 32.2. The first-order valence-corrected chi connectivity index (χ1v) is 8.84. The topological polar surface area (TPSA) is 81.2 Å². The second kappa shape index (κ2) is 6.40. The molecule has 4 rings (SSSR count). The van der Waals surface area contributed by atoms with Gasteiger partial charge < -0.3 is 9.42 Å². The fourth-order valence-electron chi connectivity index (χ4n) is 3.64. The molecule has 0 aliphatic carbocycles. The van der Waals surface area contributed by atoms with Gasteiger partial charge in [-0.2, -0.15) is 0 Å². The number of fused-ring (bicyclic) bond motifs is 2. The number of amides is 1. The number of carbonyl (C=O) groups is 1. The number of anilines is 1. The molecule has 0 saturated heterocycles. The molecule has 0 fully saturated rings. The lowest BCUT2D eigenvalue weighted by Crippen LogP contribution is -2.42. The zero-order chi connectivity index (χ0) is 18.3. The normalized spacial score (nSPS) is 15.1. The molecular formula is C19H20N4O3. The zero-order valence-electron chi connectivity index (χ0n) is 14.8. The van der Waals surface area contributed by atoms with Crippen LogP contribution in [0.5, 0.6) is 0 Å². The maximum absolute atomic E-state index is 13.3. The molecule has 0 saturated carbocycles. The second-order valence-corrected chi connectivity index (χ2v) is 6.55. The Kier molecular flexibility index (Phi) is 4.06. The maximum Gasteiger partial charge on any atom is 0.267 e. The summed E-state index contributed by atoms with van der Waals surface area (Å²) in [6.45, 7) is 4.25. The Morgan fingerprint density at radius 3 is 2.96 bits per heavy atom. The van der Waals surface area contributed by atoms with Crippen LogP contribution < -0.4 is 10.5 Å². The van der Waals surface area contributed by atoms with Gasteiger partial charge in [-0.3, -0.25) is 14.2 Å². The summed E-state index contributed by atoms with van der Waals surface area (Å²) in [5, 5.41) is 4.13. The first-order chi connectivity index (χ1) is 12.6. The van der Waals surface area contributed by atoms with Gasteiger partial charge in [0.05, 0.1) is 5.69 Å². The van der Waals surface area contributed by atoms with Gasteiger partial charge in [0.25, 0.3) is 11.3 Å². The van der Waals surface area contributed by atoms with Crippen LogP contribution in [0.4, 0.5) is 5.69 Å². The van der Waals surface area contributed by atoms with Gasteiger partial charge >= 0.3 is 0 Å². The smallest absolute Gasteiger partial charge is 0.267 e. The maximum atomic E-state index is 13.3. The molecular weight excluding hydrogens is 332 g/mol. The SMILES string of the molecule is CC[C@@H](C(=O)N1CCCc2ccccc21)n1cnc2onc(C)c2c1=O. The second-order valence-electron chi connectivity index (χ2n) is 6.55. The van der Waals surface area contributed by atoms with E-state index in [1.54, 1.807) is 11.8 Å². The third-order valence-corrected chi connectivity index (χ3v) is 4.98. The van der Waals surface area contributed by atoms with Gasteiger partial charge in [0.15, 0.2) is 0 Å². The molecule has 0 bridgehead atoms. The third kappa shape index (κ3) is 2.51. The minimum atomic E-state index is -0.611. The highest BCUT2D eigenvalue weighted by atomic mass is 16.5. The average Bonchev–Trinajstić information content (AvgIpc) is 3.05. The summed E-state index contributed by atoms with van der Waals surface area (Å²) in [5.41, 5.74) is 2.49. The molecule has 0 unspecified atom stereocenters. The summed E-state index contributed by atoms with van der Waals surface area (Å²) in [5.74, 6) is -0.0861. The van der Waals surface area contributed by atoms with Gasteiger partial charge in [-0.1, -0.05) is 30.3 Å². The fourth-order valence-corrected chi connectivity index (χ4v) is 3.64. The molecule has 0 N–H and O–H groups in total. The number of carbonyl (C=O) groups excluding carboxylic acids is 1. The first-order valence-electron chi connectivity index (χ1n) is 8.84. The highest BCUT2D eigenvalue weighted by Gasteiger charge is 2.30. The van der Waals surface area contributed by atoms with Crippen LogP contribution in [0.15, 0.2) is 39.9 Å². The van der Waals surface area contributed by atoms with Crippen molar-refractivity contribution in [2.75, 3.05) is 11.4 Å². The molecule has 0 spiro atoms.